The van der Waals surface area contributed by atoms with Gasteiger partial charge in [-0.3, -0.25) is 0 Å². The molecule has 1 atom stereocenters. The molecule has 0 aliphatic rings. The maximum absolute atomic E-state index is 12.0. The van der Waals surface area contributed by atoms with Crippen molar-refractivity contribution in [1.82, 2.24) is 4.72 Å². The van der Waals surface area contributed by atoms with Crippen molar-refractivity contribution in [2.45, 2.75) is 31.2 Å². The summed E-state index contributed by atoms with van der Waals surface area (Å²) in [5.74, 6) is 0. The van der Waals surface area contributed by atoms with E-state index in [1.165, 1.54) is 11.3 Å². The van der Waals surface area contributed by atoms with E-state index in [0.717, 1.165) is 15.1 Å². The van der Waals surface area contributed by atoms with Crippen LogP contribution in [0.4, 0.5) is 0 Å². The third-order valence-electron chi connectivity index (χ3n) is 2.13. The van der Waals surface area contributed by atoms with Crippen LogP contribution in [0.15, 0.2) is 14.7 Å². The average molecular weight is 391 g/mol. The van der Waals surface area contributed by atoms with Gasteiger partial charge >= 0.3 is 0 Å². The Labute approximate surface area is 117 Å². The van der Waals surface area contributed by atoms with E-state index in [-0.39, 0.29) is 6.04 Å². The highest BCUT2D eigenvalue weighted by Crippen LogP contribution is 2.29. The van der Waals surface area contributed by atoms with Crippen LogP contribution in [-0.2, 0) is 10.0 Å². The van der Waals surface area contributed by atoms with Crippen LogP contribution in [0.5, 0.6) is 0 Å². The van der Waals surface area contributed by atoms with Crippen LogP contribution in [0.2, 0.25) is 0 Å². The summed E-state index contributed by atoms with van der Waals surface area (Å²) in [7, 11) is -3.39. The molecule has 0 aromatic carbocycles. The fourth-order valence-electron chi connectivity index (χ4n) is 1.20. The Morgan fingerprint density at radius 1 is 1.56 bits per heavy atom. The van der Waals surface area contributed by atoms with Gasteiger partial charge in [-0.15, -0.1) is 11.3 Å². The number of aryl methyl sites for hydroxylation is 1. The predicted molar refractivity (Wildman–Crippen MR) is 75.0 cm³/mol. The lowest BCUT2D eigenvalue weighted by Crippen LogP contribution is -2.35. The van der Waals surface area contributed by atoms with Gasteiger partial charge in [-0.25, -0.2) is 13.1 Å². The molecule has 1 rings (SSSR count). The summed E-state index contributed by atoms with van der Waals surface area (Å²) in [6.07, 6.45) is 0.759. The molecule has 0 aliphatic heterocycles. The summed E-state index contributed by atoms with van der Waals surface area (Å²) >= 11 is 8.01. The summed E-state index contributed by atoms with van der Waals surface area (Å²) in [6, 6.07) is 1.58. The van der Waals surface area contributed by atoms with Gasteiger partial charge in [0.1, 0.15) is 0 Å². The van der Waals surface area contributed by atoms with Crippen LogP contribution in [0, 0.1) is 6.92 Å². The van der Waals surface area contributed by atoms with Crippen molar-refractivity contribution in [2.75, 3.05) is 5.33 Å². The molecule has 0 bridgehead atoms. The Morgan fingerprint density at radius 3 is 2.56 bits per heavy atom. The van der Waals surface area contributed by atoms with Gasteiger partial charge in [0, 0.05) is 16.2 Å². The van der Waals surface area contributed by atoms with Gasteiger partial charge in [-0.2, -0.15) is 0 Å². The lowest BCUT2D eigenvalue weighted by Gasteiger charge is -2.13. The lowest BCUT2D eigenvalue weighted by atomic mass is 10.3. The first kappa shape index (κ1) is 14.6. The van der Waals surface area contributed by atoms with Gasteiger partial charge in [0.25, 0.3) is 0 Å². The van der Waals surface area contributed by atoms with Crippen molar-refractivity contribution >= 4 is 53.2 Å². The second-order valence-corrected chi connectivity index (χ2v) is 8.32. The van der Waals surface area contributed by atoms with Gasteiger partial charge in [0.15, 0.2) is 0 Å². The third kappa shape index (κ3) is 3.53. The Hall–Kier alpha value is 0.570. The summed E-state index contributed by atoms with van der Waals surface area (Å²) in [4.78, 5) is 1.16. The SMILES string of the molecule is CCC(CBr)NS(=O)(=O)c1cc(Br)sc1C. The molecule has 0 spiro atoms. The van der Waals surface area contributed by atoms with Crippen LogP contribution in [0.1, 0.15) is 18.2 Å². The fourth-order valence-corrected chi connectivity index (χ4v) is 5.77. The normalized spacial score (nSPS) is 14.0. The number of hydrogen-bond acceptors (Lipinski definition) is 3. The van der Waals surface area contributed by atoms with Crippen molar-refractivity contribution in [3.8, 4) is 0 Å². The van der Waals surface area contributed by atoms with E-state index in [0.29, 0.717) is 10.2 Å². The smallest absolute Gasteiger partial charge is 0.207 e. The van der Waals surface area contributed by atoms with Gasteiger partial charge in [-0.05, 0) is 35.3 Å². The zero-order valence-electron chi connectivity index (χ0n) is 8.96. The largest absolute Gasteiger partial charge is 0.241 e. The number of nitrogens with one attached hydrogen (secondary N) is 1. The molecule has 1 heterocycles. The van der Waals surface area contributed by atoms with E-state index in [9.17, 15) is 8.42 Å². The number of halogens is 2. The van der Waals surface area contributed by atoms with E-state index in [2.05, 4.69) is 36.6 Å². The van der Waals surface area contributed by atoms with Gasteiger partial charge in [0.2, 0.25) is 10.0 Å². The summed E-state index contributed by atoms with van der Waals surface area (Å²) < 4.78 is 27.6. The van der Waals surface area contributed by atoms with E-state index < -0.39 is 10.0 Å². The lowest BCUT2D eigenvalue weighted by molar-refractivity contribution is 0.559. The summed E-state index contributed by atoms with van der Waals surface area (Å²) in [5.41, 5.74) is 0. The average Bonchev–Trinajstić information content (AvgIpc) is 2.55. The highest BCUT2D eigenvalue weighted by atomic mass is 79.9. The molecular formula is C9H13Br2NO2S2. The van der Waals surface area contributed by atoms with Crippen molar-refractivity contribution in [2.24, 2.45) is 0 Å². The molecule has 3 nitrogen and oxygen atoms in total. The van der Waals surface area contributed by atoms with Crippen molar-refractivity contribution < 1.29 is 8.42 Å². The molecule has 0 fully saturated rings. The molecule has 7 heteroatoms. The molecule has 1 aromatic heterocycles. The molecule has 0 saturated heterocycles. The fraction of sp³-hybridized carbons (Fsp3) is 0.556. The molecule has 0 amide bonds. The topological polar surface area (TPSA) is 46.2 Å². The Bertz CT molecular complexity index is 452. The highest BCUT2D eigenvalue weighted by molar-refractivity contribution is 9.11. The third-order valence-corrected chi connectivity index (χ3v) is 6.24. The van der Waals surface area contributed by atoms with E-state index >= 15 is 0 Å². The van der Waals surface area contributed by atoms with Crippen LogP contribution in [0.3, 0.4) is 0 Å². The first-order valence-corrected chi connectivity index (χ1v) is 8.96. The second-order valence-electron chi connectivity index (χ2n) is 3.35. The number of thiophene rings is 1. The van der Waals surface area contributed by atoms with E-state index in [4.69, 9.17) is 0 Å². The number of rotatable bonds is 5. The molecule has 0 radical (unpaired) electrons. The minimum absolute atomic E-state index is 0.0666. The van der Waals surface area contributed by atoms with Crippen LogP contribution < -0.4 is 4.72 Å². The maximum atomic E-state index is 12.0. The Kier molecular flexibility index (Phi) is 5.44. The van der Waals surface area contributed by atoms with Crippen molar-refractivity contribution in [3.05, 3.63) is 14.7 Å². The minimum atomic E-state index is -3.39. The molecule has 1 unspecified atom stereocenters. The molecule has 16 heavy (non-hydrogen) atoms. The van der Waals surface area contributed by atoms with Crippen LogP contribution >= 0.6 is 43.2 Å². The van der Waals surface area contributed by atoms with Crippen molar-refractivity contribution in [1.29, 1.82) is 0 Å². The molecule has 1 aromatic rings. The molecule has 92 valence electrons. The zero-order chi connectivity index (χ0) is 12.3. The van der Waals surface area contributed by atoms with Crippen LogP contribution in [0.25, 0.3) is 0 Å². The number of sulfonamides is 1. The standard InChI is InChI=1S/C9H13Br2NO2S2/c1-3-7(5-10)12-16(13,14)8-4-9(11)15-6(8)2/h4,7,12H,3,5H2,1-2H3. The summed E-state index contributed by atoms with van der Waals surface area (Å²) in [6.45, 7) is 3.75. The number of hydrogen-bond donors (Lipinski definition) is 1. The molecule has 1 N–H and O–H groups in total. The number of alkyl halides is 1. The Morgan fingerprint density at radius 2 is 2.19 bits per heavy atom. The Balaban J connectivity index is 2.98. The maximum Gasteiger partial charge on any atom is 0.241 e. The summed E-state index contributed by atoms with van der Waals surface area (Å²) in [5, 5.41) is 0.618. The van der Waals surface area contributed by atoms with Gasteiger partial charge in [-0.1, -0.05) is 22.9 Å². The second kappa shape index (κ2) is 5.95. The van der Waals surface area contributed by atoms with E-state index in [1.54, 1.807) is 13.0 Å². The van der Waals surface area contributed by atoms with E-state index in [1.807, 2.05) is 6.92 Å². The molecular weight excluding hydrogens is 378 g/mol. The van der Waals surface area contributed by atoms with Gasteiger partial charge in [0.05, 0.1) is 8.68 Å². The zero-order valence-corrected chi connectivity index (χ0v) is 13.8. The highest BCUT2D eigenvalue weighted by Gasteiger charge is 2.22. The molecule has 0 saturated carbocycles. The van der Waals surface area contributed by atoms with Crippen molar-refractivity contribution in [3.63, 3.8) is 0 Å². The van der Waals surface area contributed by atoms with Crippen LogP contribution in [-0.4, -0.2) is 19.8 Å². The molecule has 0 aliphatic carbocycles. The minimum Gasteiger partial charge on any atom is -0.207 e. The van der Waals surface area contributed by atoms with Gasteiger partial charge < -0.3 is 0 Å². The quantitative estimate of drug-likeness (QED) is 0.784. The first-order valence-electron chi connectivity index (χ1n) is 4.75. The first-order chi connectivity index (χ1) is 7.40. The predicted octanol–water partition coefficient (Wildman–Crippen LogP) is 3.27. The monoisotopic (exact) mass is 389 g/mol.